The molecular formula is C22H26BrN7O3S. The molecule has 1 saturated carbocycles. The van der Waals surface area contributed by atoms with Gasteiger partial charge in [-0.3, -0.25) is 14.7 Å². The van der Waals surface area contributed by atoms with Gasteiger partial charge in [-0.05, 0) is 53.4 Å². The predicted octanol–water partition coefficient (Wildman–Crippen LogP) is 2.41. The number of nitrogens with one attached hydrogen (secondary N) is 3. The fraction of sp³-hybridized carbons (Fsp3) is 0.455. The number of anilines is 2. The van der Waals surface area contributed by atoms with Crippen molar-refractivity contribution in [3.8, 4) is 0 Å². The van der Waals surface area contributed by atoms with E-state index in [1.54, 1.807) is 16.8 Å². The van der Waals surface area contributed by atoms with Gasteiger partial charge < -0.3 is 10.6 Å². The molecule has 1 aliphatic carbocycles. The van der Waals surface area contributed by atoms with Crippen molar-refractivity contribution in [3.63, 3.8) is 0 Å². The van der Waals surface area contributed by atoms with Crippen molar-refractivity contribution in [2.24, 2.45) is 0 Å². The summed E-state index contributed by atoms with van der Waals surface area (Å²) in [7, 11) is -3.55. The maximum absolute atomic E-state index is 13.1. The summed E-state index contributed by atoms with van der Waals surface area (Å²) in [4.78, 5) is 26.6. The van der Waals surface area contributed by atoms with Crippen LogP contribution < -0.4 is 21.5 Å². The van der Waals surface area contributed by atoms with E-state index in [9.17, 15) is 13.2 Å². The first kappa shape index (κ1) is 23.3. The van der Waals surface area contributed by atoms with E-state index < -0.39 is 15.2 Å². The lowest BCUT2D eigenvalue weighted by molar-refractivity contribution is 0.474. The van der Waals surface area contributed by atoms with E-state index in [2.05, 4.69) is 46.8 Å². The van der Waals surface area contributed by atoms with Crippen LogP contribution in [-0.2, 0) is 9.84 Å². The topological polar surface area (TPSA) is 131 Å². The molecule has 10 nitrogen and oxygen atoms in total. The van der Waals surface area contributed by atoms with Crippen molar-refractivity contribution >= 4 is 48.6 Å². The number of halogens is 1. The Balaban J connectivity index is 1.46. The Bertz CT molecular complexity index is 1380. The van der Waals surface area contributed by atoms with Crippen LogP contribution in [0.1, 0.15) is 37.3 Å². The van der Waals surface area contributed by atoms with Gasteiger partial charge in [0.1, 0.15) is 16.8 Å². The van der Waals surface area contributed by atoms with Crippen molar-refractivity contribution in [2.75, 3.05) is 25.0 Å². The van der Waals surface area contributed by atoms with Crippen molar-refractivity contribution < 1.29 is 8.42 Å². The van der Waals surface area contributed by atoms with Crippen LogP contribution in [0.4, 0.5) is 11.8 Å². The average molecular weight is 548 g/mol. The van der Waals surface area contributed by atoms with E-state index in [0.29, 0.717) is 35.0 Å². The Hall–Kier alpha value is -2.41. The normalized spacial score (nSPS) is 19.5. The van der Waals surface area contributed by atoms with E-state index in [1.165, 1.54) is 12.3 Å². The van der Waals surface area contributed by atoms with E-state index in [1.807, 2.05) is 6.92 Å². The largest absolute Gasteiger partial charge is 0.313 e. The SMILES string of the molecule is Cc1c(Br)c(=O)n(C2CCCC2)c2nc(Nc3ccc(S(=O)(=O)C4CNCCN4)cn3)ncc12. The molecule has 1 aliphatic heterocycles. The van der Waals surface area contributed by atoms with Gasteiger partial charge in [-0.1, -0.05) is 12.8 Å². The lowest BCUT2D eigenvalue weighted by Crippen LogP contribution is -2.52. The molecule has 1 unspecified atom stereocenters. The molecule has 1 saturated heterocycles. The predicted molar refractivity (Wildman–Crippen MR) is 133 cm³/mol. The number of hydrogen-bond donors (Lipinski definition) is 3. The molecule has 1 atom stereocenters. The van der Waals surface area contributed by atoms with Crippen molar-refractivity contribution in [1.82, 2.24) is 30.2 Å². The number of piperazine rings is 1. The number of pyridine rings is 2. The average Bonchev–Trinajstić information content (AvgIpc) is 3.38. The smallest absolute Gasteiger partial charge is 0.267 e. The van der Waals surface area contributed by atoms with Crippen LogP contribution in [0.3, 0.4) is 0 Å². The maximum atomic E-state index is 13.1. The lowest BCUT2D eigenvalue weighted by atomic mass is 10.1. The molecule has 2 fully saturated rings. The second kappa shape index (κ2) is 9.33. The van der Waals surface area contributed by atoms with Crippen LogP contribution in [0.2, 0.25) is 0 Å². The van der Waals surface area contributed by atoms with E-state index in [0.717, 1.165) is 43.2 Å². The zero-order chi connectivity index (χ0) is 23.9. The van der Waals surface area contributed by atoms with Crippen LogP contribution in [0.25, 0.3) is 11.0 Å². The number of aryl methyl sites for hydroxylation is 1. The molecule has 5 rings (SSSR count). The van der Waals surface area contributed by atoms with Crippen LogP contribution in [-0.4, -0.2) is 52.9 Å². The van der Waals surface area contributed by atoms with Crippen LogP contribution in [0.15, 0.2) is 38.7 Å². The van der Waals surface area contributed by atoms with Crippen LogP contribution >= 0.6 is 15.9 Å². The molecule has 4 heterocycles. The van der Waals surface area contributed by atoms with Gasteiger partial charge >= 0.3 is 0 Å². The Labute approximate surface area is 205 Å². The van der Waals surface area contributed by atoms with Crippen molar-refractivity contribution in [3.05, 3.63) is 44.9 Å². The summed E-state index contributed by atoms with van der Waals surface area (Å²) in [5.41, 5.74) is 1.31. The molecule has 0 amide bonds. The minimum atomic E-state index is -3.55. The molecule has 2 aliphatic rings. The Kier molecular flexibility index (Phi) is 6.40. The fourth-order valence-electron chi connectivity index (χ4n) is 4.61. The van der Waals surface area contributed by atoms with E-state index in [4.69, 9.17) is 0 Å². The van der Waals surface area contributed by atoms with Crippen LogP contribution in [0, 0.1) is 6.92 Å². The van der Waals surface area contributed by atoms with Gasteiger partial charge in [0, 0.05) is 43.5 Å². The van der Waals surface area contributed by atoms with E-state index in [-0.39, 0.29) is 16.5 Å². The molecular weight excluding hydrogens is 522 g/mol. The molecule has 180 valence electrons. The summed E-state index contributed by atoms with van der Waals surface area (Å²) in [6.45, 7) is 3.56. The monoisotopic (exact) mass is 547 g/mol. The quantitative estimate of drug-likeness (QED) is 0.440. The highest BCUT2D eigenvalue weighted by Crippen LogP contribution is 2.32. The third-order valence-corrected chi connectivity index (χ3v) is 9.42. The summed E-state index contributed by atoms with van der Waals surface area (Å²) in [5.74, 6) is 0.707. The maximum Gasteiger partial charge on any atom is 0.267 e. The molecule has 34 heavy (non-hydrogen) atoms. The van der Waals surface area contributed by atoms with Gasteiger partial charge in [0.25, 0.3) is 5.56 Å². The fourth-order valence-corrected chi connectivity index (χ4v) is 6.48. The summed E-state index contributed by atoms with van der Waals surface area (Å²) < 4.78 is 28.0. The summed E-state index contributed by atoms with van der Waals surface area (Å²) in [6.07, 6.45) is 7.11. The molecule has 12 heteroatoms. The molecule has 3 N–H and O–H groups in total. The third-order valence-electron chi connectivity index (χ3n) is 6.51. The second-order valence-corrected chi connectivity index (χ2v) is 11.6. The highest BCUT2D eigenvalue weighted by atomic mass is 79.9. The first-order valence-electron chi connectivity index (χ1n) is 11.3. The molecule has 3 aromatic rings. The zero-order valence-electron chi connectivity index (χ0n) is 18.7. The second-order valence-electron chi connectivity index (χ2n) is 8.68. The Morgan fingerprint density at radius 2 is 1.94 bits per heavy atom. The Morgan fingerprint density at radius 3 is 2.62 bits per heavy atom. The molecule has 0 radical (unpaired) electrons. The highest BCUT2D eigenvalue weighted by molar-refractivity contribution is 9.10. The lowest BCUT2D eigenvalue weighted by Gasteiger charge is -2.24. The van der Waals surface area contributed by atoms with Crippen LogP contribution in [0.5, 0.6) is 0 Å². The first-order valence-corrected chi connectivity index (χ1v) is 13.7. The molecule has 0 bridgehead atoms. The third kappa shape index (κ3) is 4.23. The van der Waals surface area contributed by atoms with Gasteiger partial charge in [-0.25, -0.2) is 18.4 Å². The van der Waals surface area contributed by atoms with Crippen molar-refractivity contribution in [2.45, 2.75) is 48.9 Å². The number of aromatic nitrogens is 4. The molecule has 0 spiro atoms. The summed E-state index contributed by atoms with van der Waals surface area (Å²) in [6, 6.07) is 3.23. The van der Waals surface area contributed by atoms with E-state index >= 15 is 0 Å². The minimum absolute atomic E-state index is 0.0833. The van der Waals surface area contributed by atoms with Gasteiger partial charge in [0.15, 0.2) is 9.84 Å². The molecule has 0 aromatic carbocycles. The number of hydrogen-bond acceptors (Lipinski definition) is 9. The number of sulfone groups is 1. The zero-order valence-corrected chi connectivity index (χ0v) is 21.1. The van der Waals surface area contributed by atoms with Crippen molar-refractivity contribution in [1.29, 1.82) is 0 Å². The molecule has 3 aromatic heterocycles. The van der Waals surface area contributed by atoms with Gasteiger partial charge in [-0.2, -0.15) is 4.98 Å². The number of nitrogens with zero attached hydrogens (tertiary/aromatic N) is 4. The highest BCUT2D eigenvalue weighted by Gasteiger charge is 2.29. The first-order chi connectivity index (χ1) is 16.4. The number of fused-ring (bicyclic) bond motifs is 1. The summed E-state index contributed by atoms with van der Waals surface area (Å²) >= 11 is 3.45. The summed E-state index contributed by atoms with van der Waals surface area (Å²) in [5, 5.41) is 9.29. The van der Waals surface area contributed by atoms with Gasteiger partial charge in [0.2, 0.25) is 5.95 Å². The Morgan fingerprint density at radius 1 is 1.15 bits per heavy atom. The number of rotatable bonds is 5. The minimum Gasteiger partial charge on any atom is -0.313 e. The van der Waals surface area contributed by atoms with Gasteiger partial charge in [-0.15, -0.1) is 0 Å². The van der Waals surface area contributed by atoms with Gasteiger partial charge in [0.05, 0.1) is 9.37 Å². The standard InChI is InChI=1S/C22H26BrN7O3S/c1-13-16-11-27-22(29-20(16)30(21(31)19(13)23)14-4-2-3-5-14)28-17-7-6-15(10-26-17)34(32,33)18-12-24-8-9-25-18/h6-7,10-11,14,18,24-25H,2-5,8-9,12H2,1H3,(H,26,27,28,29).